The van der Waals surface area contributed by atoms with Gasteiger partial charge in [-0.15, -0.1) is 0 Å². The Morgan fingerprint density at radius 2 is 1.62 bits per heavy atom. The summed E-state index contributed by atoms with van der Waals surface area (Å²) in [6, 6.07) is 13.4. The van der Waals surface area contributed by atoms with E-state index in [1.54, 1.807) is 6.07 Å². The van der Waals surface area contributed by atoms with Crippen LogP contribution >= 0.6 is 0 Å². The molecule has 2 amide bonds. The van der Waals surface area contributed by atoms with E-state index in [1.807, 2.05) is 36.4 Å². The van der Waals surface area contributed by atoms with Crippen LogP contribution in [0.2, 0.25) is 0 Å². The molecule has 6 heteroatoms. The van der Waals surface area contributed by atoms with Gasteiger partial charge in [-0.1, -0.05) is 30.3 Å². The molecule has 6 nitrogen and oxygen atoms in total. The van der Waals surface area contributed by atoms with Gasteiger partial charge < -0.3 is 10.6 Å². The van der Waals surface area contributed by atoms with Gasteiger partial charge in [-0.25, -0.2) is 4.98 Å². The largest absolute Gasteiger partial charge is 0.350 e. The first kappa shape index (κ1) is 15.6. The SMILES string of the molecule is O=C(NCCNC(=O)c1cnccn1)c1ccc2ccccc2c1. The number of rotatable bonds is 5. The summed E-state index contributed by atoms with van der Waals surface area (Å²) < 4.78 is 0. The number of nitrogens with zero attached hydrogens (tertiary/aromatic N) is 2. The van der Waals surface area contributed by atoms with E-state index >= 15 is 0 Å². The second-order valence-electron chi connectivity index (χ2n) is 5.16. The standard InChI is InChI=1S/C18H16N4O2/c23-17(15-6-5-13-3-1-2-4-14(13)11-15)21-9-10-22-18(24)16-12-19-7-8-20-16/h1-8,11-12H,9-10H2,(H,21,23)(H,22,24). The quantitative estimate of drug-likeness (QED) is 0.702. The Kier molecular flexibility index (Phi) is 4.76. The maximum Gasteiger partial charge on any atom is 0.271 e. The van der Waals surface area contributed by atoms with E-state index in [0.29, 0.717) is 18.7 Å². The minimum Gasteiger partial charge on any atom is -0.350 e. The van der Waals surface area contributed by atoms with Gasteiger partial charge in [0.25, 0.3) is 11.8 Å². The van der Waals surface area contributed by atoms with Gasteiger partial charge in [-0.05, 0) is 22.9 Å². The van der Waals surface area contributed by atoms with Gasteiger partial charge in [-0.2, -0.15) is 0 Å². The van der Waals surface area contributed by atoms with Crippen LogP contribution in [0, 0.1) is 0 Å². The van der Waals surface area contributed by atoms with Gasteiger partial charge in [0.15, 0.2) is 0 Å². The number of benzene rings is 2. The van der Waals surface area contributed by atoms with Crippen LogP contribution in [0.4, 0.5) is 0 Å². The second kappa shape index (κ2) is 7.32. The molecular formula is C18H16N4O2. The third kappa shape index (κ3) is 3.73. The third-order valence-electron chi connectivity index (χ3n) is 3.50. The molecule has 0 fully saturated rings. The van der Waals surface area contributed by atoms with Gasteiger partial charge in [0.05, 0.1) is 6.20 Å². The molecule has 0 aliphatic carbocycles. The molecular weight excluding hydrogens is 304 g/mol. The van der Waals surface area contributed by atoms with Gasteiger partial charge in [-0.3, -0.25) is 14.6 Å². The third-order valence-corrected chi connectivity index (χ3v) is 3.50. The molecule has 3 rings (SSSR count). The summed E-state index contributed by atoms with van der Waals surface area (Å²) in [5.74, 6) is -0.488. The number of hydrogen-bond acceptors (Lipinski definition) is 4. The van der Waals surface area contributed by atoms with E-state index < -0.39 is 0 Å². The first-order chi connectivity index (χ1) is 11.7. The van der Waals surface area contributed by atoms with Crippen molar-refractivity contribution in [2.45, 2.75) is 0 Å². The van der Waals surface area contributed by atoms with Crippen LogP contribution in [0.3, 0.4) is 0 Å². The summed E-state index contributed by atoms with van der Waals surface area (Å²) in [6.07, 6.45) is 4.35. The minimum absolute atomic E-state index is 0.172. The van der Waals surface area contributed by atoms with E-state index in [-0.39, 0.29) is 17.5 Å². The van der Waals surface area contributed by atoms with E-state index in [0.717, 1.165) is 10.8 Å². The number of aromatic nitrogens is 2. The van der Waals surface area contributed by atoms with E-state index in [2.05, 4.69) is 20.6 Å². The fourth-order valence-electron chi connectivity index (χ4n) is 2.29. The highest BCUT2D eigenvalue weighted by Crippen LogP contribution is 2.15. The number of carbonyl (C=O) groups is 2. The number of hydrogen-bond donors (Lipinski definition) is 2. The summed E-state index contributed by atoms with van der Waals surface area (Å²) in [7, 11) is 0. The average molecular weight is 320 g/mol. The Hall–Kier alpha value is -3.28. The van der Waals surface area contributed by atoms with Crippen LogP contribution in [-0.2, 0) is 0 Å². The topological polar surface area (TPSA) is 84.0 Å². The Labute approximate surface area is 138 Å². The summed E-state index contributed by atoms with van der Waals surface area (Å²) in [6.45, 7) is 0.645. The molecule has 0 spiro atoms. The Morgan fingerprint density at radius 3 is 2.38 bits per heavy atom. The van der Waals surface area contributed by atoms with E-state index in [4.69, 9.17) is 0 Å². The maximum atomic E-state index is 12.2. The van der Waals surface area contributed by atoms with Crippen LogP contribution in [0.25, 0.3) is 10.8 Å². The van der Waals surface area contributed by atoms with Crippen molar-refractivity contribution in [3.8, 4) is 0 Å². The number of carbonyl (C=O) groups excluding carboxylic acids is 2. The maximum absolute atomic E-state index is 12.2. The Morgan fingerprint density at radius 1 is 0.875 bits per heavy atom. The zero-order valence-electron chi connectivity index (χ0n) is 12.9. The fraction of sp³-hybridized carbons (Fsp3) is 0.111. The van der Waals surface area contributed by atoms with Gasteiger partial charge in [0.1, 0.15) is 5.69 Å². The highest BCUT2D eigenvalue weighted by atomic mass is 16.2. The molecule has 2 aromatic carbocycles. The first-order valence-electron chi connectivity index (χ1n) is 7.55. The van der Waals surface area contributed by atoms with Crippen LogP contribution in [0.5, 0.6) is 0 Å². The van der Waals surface area contributed by atoms with Crippen molar-refractivity contribution in [3.63, 3.8) is 0 Å². The number of amides is 2. The fourth-order valence-corrected chi connectivity index (χ4v) is 2.29. The van der Waals surface area contributed by atoms with Crippen molar-refractivity contribution in [2.75, 3.05) is 13.1 Å². The zero-order chi connectivity index (χ0) is 16.8. The van der Waals surface area contributed by atoms with E-state index in [1.165, 1.54) is 18.6 Å². The first-order valence-corrected chi connectivity index (χ1v) is 7.55. The molecule has 0 aliphatic rings. The molecule has 0 bridgehead atoms. The summed E-state index contributed by atoms with van der Waals surface area (Å²) in [4.78, 5) is 31.7. The molecule has 0 saturated carbocycles. The molecule has 1 aromatic heterocycles. The molecule has 0 unspecified atom stereocenters. The molecule has 0 radical (unpaired) electrons. The predicted octanol–water partition coefficient (Wildman–Crippen LogP) is 1.79. The second-order valence-corrected chi connectivity index (χ2v) is 5.16. The van der Waals surface area contributed by atoms with Gasteiger partial charge >= 0.3 is 0 Å². The lowest BCUT2D eigenvalue weighted by molar-refractivity contribution is 0.0925. The molecule has 1 heterocycles. The van der Waals surface area contributed by atoms with Gasteiger partial charge in [0.2, 0.25) is 0 Å². The van der Waals surface area contributed by atoms with Crippen LogP contribution in [-0.4, -0.2) is 34.9 Å². The molecule has 2 N–H and O–H groups in total. The highest BCUT2D eigenvalue weighted by Gasteiger charge is 2.08. The zero-order valence-corrected chi connectivity index (χ0v) is 12.9. The molecule has 0 aliphatic heterocycles. The lowest BCUT2D eigenvalue weighted by Gasteiger charge is -2.07. The smallest absolute Gasteiger partial charge is 0.271 e. The lowest BCUT2D eigenvalue weighted by Crippen LogP contribution is -2.35. The Balaban J connectivity index is 1.51. The Bertz CT molecular complexity index is 865. The number of fused-ring (bicyclic) bond motifs is 1. The normalized spacial score (nSPS) is 10.3. The van der Waals surface area contributed by atoms with Crippen molar-refractivity contribution in [1.29, 1.82) is 0 Å². The van der Waals surface area contributed by atoms with Crippen molar-refractivity contribution < 1.29 is 9.59 Å². The number of nitrogens with one attached hydrogen (secondary N) is 2. The summed E-state index contributed by atoms with van der Waals surface area (Å²) >= 11 is 0. The van der Waals surface area contributed by atoms with Crippen LogP contribution < -0.4 is 10.6 Å². The van der Waals surface area contributed by atoms with E-state index in [9.17, 15) is 9.59 Å². The molecule has 0 saturated heterocycles. The van der Waals surface area contributed by atoms with Crippen molar-refractivity contribution >= 4 is 22.6 Å². The average Bonchev–Trinajstić information content (AvgIpc) is 2.65. The predicted molar refractivity (Wildman–Crippen MR) is 90.6 cm³/mol. The molecule has 120 valence electrons. The van der Waals surface area contributed by atoms with Gasteiger partial charge in [0, 0.05) is 31.0 Å². The van der Waals surface area contributed by atoms with Crippen molar-refractivity contribution in [1.82, 2.24) is 20.6 Å². The molecule has 3 aromatic rings. The molecule has 24 heavy (non-hydrogen) atoms. The van der Waals surface area contributed by atoms with Crippen LogP contribution in [0.1, 0.15) is 20.8 Å². The summed E-state index contributed by atoms with van der Waals surface area (Å²) in [5, 5.41) is 7.56. The van der Waals surface area contributed by atoms with Crippen molar-refractivity contribution in [2.24, 2.45) is 0 Å². The van der Waals surface area contributed by atoms with Crippen LogP contribution in [0.15, 0.2) is 61.1 Å². The monoisotopic (exact) mass is 320 g/mol. The minimum atomic E-state index is -0.317. The van der Waals surface area contributed by atoms with Crippen molar-refractivity contribution in [3.05, 3.63) is 72.3 Å². The molecule has 0 atom stereocenters. The summed E-state index contributed by atoms with van der Waals surface area (Å²) in [5.41, 5.74) is 0.840. The lowest BCUT2D eigenvalue weighted by atomic mass is 10.1. The highest BCUT2D eigenvalue weighted by molar-refractivity contribution is 5.98.